The van der Waals surface area contributed by atoms with Crippen LogP contribution in [0.5, 0.6) is 0 Å². The van der Waals surface area contributed by atoms with E-state index in [-0.39, 0.29) is 11.1 Å². The van der Waals surface area contributed by atoms with Gasteiger partial charge in [-0.25, -0.2) is 13.8 Å². The highest BCUT2D eigenvalue weighted by molar-refractivity contribution is 5.78. The molecule has 0 aliphatic carbocycles. The molecule has 1 heterocycles. The maximum Gasteiger partial charge on any atom is 0.185 e. The fourth-order valence-corrected chi connectivity index (χ4v) is 1.35. The van der Waals surface area contributed by atoms with Gasteiger partial charge in [-0.15, -0.1) is 6.42 Å². The standard InChI is InChI=1S/C10H6F2N2/c1-3-6-4-7-10(9(12)8(6)11)14(2)5-13-7/h1,4-5H,2H3. The van der Waals surface area contributed by atoms with Gasteiger partial charge in [0.25, 0.3) is 0 Å². The zero-order valence-corrected chi connectivity index (χ0v) is 7.38. The number of aryl methyl sites for hydroxylation is 1. The van der Waals surface area contributed by atoms with E-state index in [0.29, 0.717) is 5.52 Å². The Hall–Kier alpha value is -1.89. The summed E-state index contributed by atoms with van der Waals surface area (Å²) in [6.07, 6.45) is 6.44. The molecule has 2 nitrogen and oxygen atoms in total. The SMILES string of the molecule is C#Cc1cc2ncn(C)c2c(F)c1F. The molecule has 0 atom stereocenters. The largest absolute Gasteiger partial charge is 0.331 e. The van der Waals surface area contributed by atoms with Crippen LogP contribution in [-0.2, 0) is 7.05 Å². The molecular weight excluding hydrogens is 186 g/mol. The second-order valence-corrected chi connectivity index (χ2v) is 2.92. The van der Waals surface area contributed by atoms with E-state index in [4.69, 9.17) is 6.42 Å². The number of terminal acetylenes is 1. The second kappa shape index (κ2) is 2.81. The Morgan fingerprint density at radius 3 is 2.79 bits per heavy atom. The van der Waals surface area contributed by atoms with Gasteiger partial charge >= 0.3 is 0 Å². The van der Waals surface area contributed by atoms with Gasteiger partial charge in [0.2, 0.25) is 0 Å². The quantitative estimate of drug-likeness (QED) is 0.582. The number of halogens is 2. The highest BCUT2D eigenvalue weighted by Gasteiger charge is 2.15. The molecule has 0 fully saturated rings. The fraction of sp³-hybridized carbons (Fsp3) is 0.100. The summed E-state index contributed by atoms with van der Waals surface area (Å²) in [6, 6.07) is 1.35. The molecule has 0 aliphatic heterocycles. The van der Waals surface area contributed by atoms with Crippen LogP contribution in [0.4, 0.5) is 8.78 Å². The number of imidazole rings is 1. The lowest BCUT2D eigenvalue weighted by atomic mass is 10.2. The van der Waals surface area contributed by atoms with Crippen LogP contribution in [0, 0.1) is 24.0 Å². The Morgan fingerprint density at radius 1 is 1.43 bits per heavy atom. The number of nitrogens with zero attached hydrogens (tertiary/aromatic N) is 2. The Labute approximate surface area is 79.2 Å². The first kappa shape index (κ1) is 8.70. The predicted octanol–water partition coefficient (Wildman–Crippen LogP) is 1.83. The molecule has 2 rings (SSSR count). The van der Waals surface area contributed by atoms with Gasteiger partial charge in [0.05, 0.1) is 17.4 Å². The zero-order valence-electron chi connectivity index (χ0n) is 7.38. The van der Waals surface area contributed by atoms with Crippen LogP contribution in [0.3, 0.4) is 0 Å². The van der Waals surface area contributed by atoms with E-state index in [1.54, 1.807) is 7.05 Å². The molecular formula is C10H6F2N2. The van der Waals surface area contributed by atoms with Crippen molar-refractivity contribution in [2.75, 3.05) is 0 Å². The van der Waals surface area contributed by atoms with Gasteiger partial charge < -0.3 is 4.57 Å². The molecule has 70 valence electrons. The maximum atomic E-state index is 13.4. The summed E-state index contributed by atoms with van der Waals surface area (Å²) in [5.41, 5.74) is 0.384. The van der Waals surface area contributed by atoms with Gasteiger partial charge in [-0.2, -0.15) is 0 Å². The predicted molar refractivity (Wildman–Crippen MR) is 48.6 cm³/mol. The normalized spacial score (nSPS) is 10.4. The molecule has 14 heavy (non-hydrogen) atoms. The maximum absolute atomic E-state index is 13.4. The molecule has 0 saturated heterocycles. The minimum absolute atomic E-state index is 0.103. The average Bonchev–Trinajstić information content (AvgIpc) is 2.54. The summed E-state index contributed by atoms with van der Waals surface area (Å²) in [6.45, 7) is 0. The van der Waals surface area contributed by atoms with Crippen LogP contribution in [0.1, 0.15) is 5.56 Å². The molecule has 0 radical (unpaired) electrons. The molecule has 0 amide bonds. The van der Waals surface area contributed by atoms with Crippen LogP contribution < -0.4 is 0 Å². The molecule has 0 aliphatic rings. The number of aromatic nitrogens is 2. The zero-order chi connectivity index (χ0) is 10.3. The molecule has 2 aromatic rings. The van der Waals surface area contributed by atoms with Crippen molar-refractivity contribution < 1.29 is 8.78 Å². The lowest BCUT2D eigenvalue weighted by molar-refractivity contribution is 0.511. The molecule has 1 aromatic carbocycles. The fourth-order valence-electron chi connectivity index (χ4n) is 1.35. The van der Waals surface area contributed by atoms with Gasteiger partial charge in [-0.3, -0.25) is 0 Å². The molecule has 1 aromatic heterocycles. The van der Waals surface area contributed by atoms with Crippen molar-refractivity contribution >= 4 is 11.0 Å². The monoisotopic (exact) mass is 192 g/mol. The first-order valence-electron chi connectivity index (χ1n) is 3.90. The van der Waals surface area contributed by atoms with Crippen LogP contribution in [0.15, 0.2) is 12.4 Å². The summed E-state index contributed by atoms with van der Waals surface area (Å²) in [4.78, 5) is 3.89. The van der Waals surface area contributed by atoms with Gasteiger partial charge in [0, 0.05) is 7.05 Å². The summed E-state index contributed by atoms with van der Waals surface area (Å²) in [5.74, 6) is 0.128. The molecule has 0 spiro atoms. The first-order chi connectivity index (χ1) is 6.65. The average molecular weight is 192 g/mol. The van der Waals surface area contributed by atoms with E-state index in [1.807, 2.05) is 0 Å². The van der Waals surface area contributed by atoms with Crippen LogP contribution in [-0.4, -0.2) is 9.55 Å². The number of fused-ring (bicyclic) bond motifs is 1. The van der Waals surface area contributed by atoms with E-state index in [0.717, 1.165) is 0 Å². The molecule has 0 N–H and O–H groups in total. The van der Waals surface area contributed by atoms with Crippen molar-refractivity contribution in [1.82, 2.24) is 9.55 Å². The highest BCUT2D eigenvalue weighted by atomic mass is 19.2. The molecule has 4 heteroatoms. The van der Waals surface area contributed by atoms with Gasteiger partial charge in [0.15, 0.2) is 11.6 Å². The Morgan fingerprint density at radius 2 is 2.14 bits per heavy atom. The van der Waals surface area contributed by atoms with E-state index in [9.17, 15) is 8.78 Å². The number of rotatable bonds is 0. The van der Waals surface area contributed by atoms with Crippen molar-refractivity contribution in [2.24, 2.45) is 7.05 Å². The minimum atomic E-state index is -0.997. The second-order valence-electron chi connectivity index (χ2n) is 2.92. The number of hydrogen-bond donors (Lipinski definition) is 0. The molecule has 0 unspecified atom stereocenters. The molecule has 0 bridgehead atoms. The lowest BCUT2D eigenvalue weighted by Crippen LogP contribution is -1.95. The third-order valence-corrected chi connectivity index (χ3v) is 2.04. The van der Waals surface area contributed by atoms with E-state index < -0.39 is 11.6 Å². The lowest BCUT2D eigenvalue weighted by Gasteiger charge is -2.00. The molecule has 0 saturated carbocycles. The Bertz CT molecular complexity index is 549. The smallest absolute Gasteiger partial charge is 0.185 e. The van der Waals surface area contributed by atoms with Crippen molar-refractivity contribution in [3.8, 4) is 12.3 Å². The van der Waals surface area contributed by atoms with E-state index in [1.165, 1.54) is 17.0 Å². The summed E-state index contributed by atoms with van der Waals surface area (Å²) in [5, 5.41) is 0. The highest BCUT2D eigenvalue weighted by Crippen LogP contribution is 2.21. The number of hydrogen-bond acceptors (Lipinski definition) is 1. The van der Waals surface area contributed by atoms with Crippen molar-refractivity contribution in [1.29, 1.82) is 0 Å². The van der Waals surface area contributed by atoms with Gasteiger partial charge in [-0.1, -0.05) is 5.92 Å². The Kier molecular flexibility index (Phi) is 1.74. The van der Waals surface area contributed by atoms with Crippen LogP contribution in [0.25, 0.3) is 11.0 Å². The van der Waals surface area contributed by atoms with Gasteiger partial charge in [0.1, 0.15) is 5.52 Å². The summed E-state index contributed by atoms with van der Waals surface area (Å²) >= 11 is 0. The topological polar surface area (TPSA) is 17.8 Å². The van der Waals surface area contributed by atoms with Crippen LogP contribution in [0.2, 0.25) is 0 Å². The van der Waals surface area contributed by atoms with Crippen molar-refractivity contribution in [3.05, 3.63) is 29.6 Å². The van der Waals surface area contributed by atoms with Crippen LogP contribution >= 0.6 is 0 Å². The van der Waals surface area contributed by atoms with Crippen molar-refractivity contribution in [2.45, 2.75) is 0 Å². The van der Waals surface area contributed by atoms with Gasteiger partial charge in [-0.05, 0) is 6.07 Å². The summed E-state index contributed by atoms with van der Waals surface area (Å²) < 4.78 is 28.1. The Balaban J connectivity index is 2.96. The van der Waals surface area contributed by atoms with E-state index >= 15 is 0 Å². The van der Waals surface area contributed by atoms with Crippen molar-refractivity contribution in [3.63, 3.8) is 0 Å². The third-order valence-electron chi connectivity index (χ3n) is 2.04. The minimum Gasteiger partial charge on any atom is -0.331 e. The van der Waals surface area contributed by atoms with E-state index in [2.05, 4.69) is 10.9 Å². The first-order valence-corrected chi connectivity index (χ1v) is 3.90. The summed E-state index contributed by atoms with van der Waals surface area (Å²) in [7, 11) is 1.59. The third kappa shape index (κ3) is 0.990. The number of benzene rings is 1.